The number of ether oxygens (including phenoxy) is 1. The minimum atomic E-state index is -0.524. The third-order valence-corrected chi connectivity index (χ3v) is 4.97. The summed E-state index contributed by atoms with van der Waals surface area (Å²) in [6.45, 7) is 4.31. The number of hydrogen-bond acceptors (Lipinski definition) is 4. The molecule has 2 aromatic rings. The summed E-state index contributed by atoms with van der Waals surface area (Å²) in [5.41, 5.74) is 7.86. The molecule has 6 nitrogen and oxygen atoms in total. The molecule has 1 heterocycles. The summed E-state index contributed by atoms with van der Waals surface area (Å²) >= 11 is 0. The molecule has 2 amide bonds. The first kappa shape index (κ1) is 20.5. The Morgan fingerprint density at radius 2 is 1.76 bits per heavy atom. The van der Waals surface area contributed by atoms with Crippen LogP contribution in [0.3, 0.4) is 0 Å². The van der Waals surface area contributed by atoms with E-state index in [4.69, 9.17) is 10.5 Å². The Balaban J connectivity index is 1.50. The second-order valence-corrected chi connectivity index (χ2v) is 7.36. The Kier molecular flexibility index (Phi) is 6.89. The number of benzene rings is 2. The molecule has 3 N–H and O–H groups in total. The van der Waals surface area contributed by atoms with Crippen molar-refractivity contribution in [3.05, 3.63) is 60.2 Å². The molecule has 0 spiro atoms. The highest BCUT2D eigenvalue weighted by molar-refractivity contribution is 6.02. The van der Waals surface area contributed by atoms with Gasteiger partial charge < -0.3 is 20.7 Å². The lowest BCUT2D eigenvalue weighted by molar-refractivity contribution is -0.120. The maximum atomic E-state index is 12.2. The number of carbonyl (C=O) groups is 2. The summed E-state index contributed by atoms with van der Waals surface area (Å²) in [5, 5.41) is 2.87. The minimum Gasteiger partial charge on any atom is -0.484 e. The number of amides is 2. The van der Waals surface area contributed by atoms with E-state index >= 15 is 0 Å². The summed E-state index contributed by atoms with van der Waals surface area (Å²) in [7, 11) is 0. The molecular weight excluding hydrogens is 366 g/mol. The van der Waals surface area contributed by atoms with Gasteiger partial charge >= 0.3 is 0 Å². The second kappa shape index (κ2) is 9.78. The van der Waals surface area contributed by atoms with Gasteiger partial charge in [0.2, 0.25) is 5.91 Å². The largest absolute Gasteiger partial charge is 0.484 e. The fraction of sp³-hybridized carbons (Fsp3) is 0.304. The summed E-state index contributed by atoms with van der Waals surface area (Å²) in [6, 6.07) is 15.0. The number of anilines is 2. The first-order valence-corrected chi connectivity index (χ1v) is 9.85. The van der Waals surface area contributed by atoms with Gasteiger partial charge in [0, 0.05) is 30.5 Å². The van der Waals surface area contributed by atoms with Crippen LogP contribution in [0.25, 0.3) is 6.08 Å². The highest BCUT2D eigenvalue weighted by Crippen LogP contribution is 2.24. The minimum absolute atomic E-state index is 0.159. The van der Waals surface area contributed by atoms with Gasteiger partial charge in [-0.25, -0.2) is 0 Å². The SMILES string of the molecule is CC1CCN(c2ccc(NC(=O)/C=C/c3ccc(OCC(N)=O)cc3)cc2)CC1. The second-order valence-electron chi connectivity index (χ2n) is 7.36. The lowest BCUT2D eigenvalue weighted by atomic mass is 9.99. The van der Waals surface area contributed by atoms with Gasteiger partial charge in [0.1, 0.15) is 5.75 Å². The zero-order chi connectivity index (χ0) is 20.6. The van der Waals surface area contributed by atoms with E-state index in [9.17, 15) is 9.59 Å². The van der Waals surface area contributed by atoms with Crippen LogP contribution in [0, 0.1) is 5.92 Å². The van der Waals surface area contributed by atoms with Crippen LogP contribution < -0.4 is 20.7 Å². The molecule has 0 aromatic heterocycles. The molecule has 6 heteroatoms. The van der Waals surface area contributed by atoms with E-state index in [-0.39, 0.29) is 12.5 Å². The van der Waals surface area contributed by atoms with Gasteiger partial charge in [-0.3, -0.25) is 9.59 Å². The third-order valence-electron chi connectivity index (χ3n) is 4.97. The zero-order valence-electron chi connectivity index (χ0n) is 16.6. The van der Waals surface area contributed by atoms with Crippen molar-refractivity contribution in [2.75, 3.05) is 29.9 Å². The molecule has 0 atom stereocenters. The van der Waals surface area contributed by atoms with E-state index in [0.717, 1.165) is 30.3 Å². The van der Waals surface area contributed by atoms with Crippen molar-refractivity contribution in [2.24, 2.45) is 11.7 Å². The standard InChI is InChI=1S/C23H27N3O3/c1-17-12-14-26(15-13-17)20-7-5-19(6-8-20)25-23(28)11-4-18-2-9-21(10-3-18)29-16-22(24)27/h2-11,17H,12-16H2,1H3,(H2,24,27)(H,25,28)/b11-4+. The van der Waals surface area contributed by atoms with Crippen LogP contribution in [-0.4, -0.2) is 31.5 Å². The molecular formula is C23H27N3O3. The average Bonchev–Trinajstić information content (AvgIpc) is 2.73. The number of nitrogens with one attached hydrogen (secondary N) is 1. The van der Waals surface area contributed by atoms with Crippen molar-refractivity contribution in [2.45, 2.75) is 19.8 Å². The molecule has 0 unspecified atom stereocenters. The third kappa shape index (κ3) is 6.38. The van der Waals surface area contributed by atoms with Gasteiger partial charge in [-0.2, -0.15) is 0 Å². The molecule has 152 valence electrons. The van der Waals surface area contributed by atoms with Crippen LogP contribution in [0.2, 0.25) is 0 Å². The van der Waals surface area contributed by atoms with E-state index in [2.05, 4.69) is 29.3 Å². The lowest BCUT2D eigenvalue weighted by Gasteiger charge is -2.32. The fourth-order valence-electron chi connectivity index (χ4n) is 3.21. The summed E-state index contributed by atoms with van der Waals surface area (Å²) in [4.78, 5) is 25.3. The molecule has 3 rings (SSSR count). The van der Waals surface area contributed by atoms with Crippen LogP contribution in [0.15, 0.2) is 54.6 Å². The Morgan fingerprint density at radius 3 is 2.38 bits per heavy atom. The molecule has 0 bridgehead atoms. The molecule has 1 saturated heterocycles. The van der Waals surface area contributed by atoms with E-state index < -0.39 is 5.91 Å². The Hall–Kier alpha value is -3.28. The number of primary amides is 1. The van der Waals surface area contributed by atoms with E-state index in [1.165, 1.54) is 24.6 Å². The topological polar surface area (TPSA) is 84.7 Å². The quantitative estimate of drug-likeness (QED) is 0.706. The predicted molar refractivity (Wildman–Crippen MR) is 116 cm³/mol. The first-order valence-electron chi connectivity index (χ1n) is 9.85. The van der Waals surface area contributed by atoms with Crippen LogP contribution in [0.5, 0.6) is 5.75 Å². The average molecular weight is 393 g/mol. The molecule has 1 aliphatic rings. The number of nitrogens with zero attached hydrogens (tertiary/aromatic N) is 1. The van der Waals surface area contributed by atoms with Gasteiger partial charge in [0.05, 0.1) is 0 Å². The number of piperidine rings is 1. The van der Waals surface area contributed by atoms with E-state index in [1.54, 1.807) is 30.3 Å². The summed E-state index contributed by atoms with van der Waals surface area (Å²) in [6.07, 6.45) is 5.65. The molecule has 2 aromatic carbocycles. The lowest BCUT2D eigenvalue weighted by Crippen LogP contribution is -2.32. The Bertz CT molecular complexity index is 852. The molecule has 1 aliphatic heterocycles. The van der Waals surface area contributed by atoms with Crippen molar-refractivity contribution < 1.29 is 14.3 Å². The van der Waals surface area contributed by atoms with Crippen LogP contribution in [-0.2, 0) is 9.59 Å². The monoisotopic (exact) mass is 393 g/mol. The highest BCUT2D eigenvalue weighted by Gasteiger charge is 2.15. The number of nitrogens with two attached hydrogens (primary N) is 1. The zero-order valence-corrected chi connectivity index (χ0v) is 16.6. The maximum absolute atomic E-state index is 12.2. The van der Waals surface area contributed by atoms with E-state index in [0.29, 0.717) is 5.75 Å². The summed E-state index contributed by atoms with van der Waals surface area (Å²) < 4.78 is 5.20. The molecule has 0 radical (unpaired) electrons. The number of carbonyl (C=O) groups excluding carboxylic acids is 2. The van der Waals surface area contributed by atoms with Gasteiger partial charge in [0.25, 0.3) is 5.91 Å². The van der Waals surface area contributed by atoms with Gasteiger partial charge in [0.15, 0.2) is 6.61 Å². The first-order chi connectivity index (χ1) is 14.0. The van der Waals surface area contributed by atoms with Crippen LogP contribution in [0.4, 0.5) is 11.4 Å². The smallest absolute Gasteiger partial charge is 0.255 e. The maximum Gasteiger partial charge on any atom is 0.255 e. The van der Waals surface area contributed by atoms with Crippen LogP contribution in [0.1, 0.15) is 25.3 Å². The normalized spacial score (nSPS) is 14.7. The molecule has 29 heavy (non-hydrogen) atoms. The molecule has 0 aliphatic carbocycles. The van der Waals surface area contributed by atoms with E-state index in [1.807, 2.05) is 12.1 Å². The predicted octanol–water partition coefficient (Wildman–Crippen LogP) is 3.44. The van der Waals surface area contributed by atoms with Gasteiger partial charge in [-0.1, -0.05) is 19.1 Å². The van der Waals surface area contributed by atoms with Gasteiger partial charge in [-0.05, 0) is 66.8 Å². The molecule has 1 fully saturated rings. The Morgan fingerprint density at radius 1 is 1.10 bits per heavy atom. The number of rotatable bonds is 7. The van der Waals surface area contributed by atoms with Crippen LogP contribution >= 0.6 is 0 Å². The van der Waals surface area contributed by atoms with Crippen molar-refractivity contribution >= 4 is 29.3 Å². The fourth-order valence-corrected chi connectivity index (χ4v) is 3.21. The highest BCUT2D eigenvalue weighted by atomic mass is 16.5. The van der Waals surface area contributed by atoms with Crippen molar-refractivity contribution in [1.29, 1.82) is 0 Å². The number of hydrogen-bond donors (Lipinski definition) is 2. The molecule has 0 saturated carbocycles. The van der Waals surface area contributed by atoms with Crippen molar-refractivity contribution in [1.82, 2.24) is 0 Å². The van der Waals surface area contributed by atoms with Crippen molar-refractivity contribution in [3.63, 3.8) is 0 Å². The van der Waals surface area contributed by atoms with Gasteiger partial charge in [-0.15, -0.1) is 0 Å². The summed E-state index contributed by atoms with van der Waals surface area (Å²) in [5.74, 6) is 0.631. The van der Waals surface area contributed by atoms with Crippen molar-refractivity contribution in [3.8, 4) is 5.75 Å². The Labute approximate surface area is 171 Å².